The van der Waals surface area contributed by atoms with Crippen molar-refractivity contribution in [2.24, 2.45) is 5.11 Å². The van der Waals surface area contributed by atoms with Crippen LogP contribution in [0.2, 0.25) is 0 Å². The van der Waals surface area contributed by atoms with Gasteiger partial charge in [0.2, 0.25) is 0 Å². The average Bonchev–Trinajstić information content (AvgIpc) is 2.49. The zero-order chi connectivity index (χ0) is 9.26. The molecule has 1 aliphatic heterocycles. The van der Waals surface area contributed by atoms with Gasteiger partial charge in [-0.1, -0.05) is 17.2 Å². The van der Waals surface area contributed by atoms with E-state index in [0.29, 0.717) is 6.61 Å². The van der Waals surface area contributed by atoms with Crippen molar-refractivity contribution in [3.05, 3.63) is 39.8 Å². The van der Waals surface area contributed by atoms with E-state index in [2.05, 4.69) is 10.0 Å². The predicted molar refractivity (Wildman–Crippen MR) is 48.6 cm³/mol. The summed E-state index contributed by atoms with van der Waals surface area (Å²) < 4.78 is 5.38. The number of benzene rings is 1. The average molecular weight is 175 g/mol. The first-order valence-electron chi connectivity index (χ1n) is 4.09. The summed E-state index contributed by atoms with van der Waals surface area (Å²) in [6, 6.07) is 5.76. The van der Waals surface area contributed by atoms with Gasteiger partial charge >= 0.3 is 0 Å². The van der Waals surface area contributed by atoms with Crippen LogP contribution in [-0.2, 0) is 0 Å². The Balaban J connectivity index is 2.43. The van der Waals surface area contributed by atoms with Crippen LogP contribution in [0.3, 0.4) is 0 Å². The highest BCUT2D eigenvalue weighted by Gasteiger charge is 2.22. The summed E-state index contributed by atoms with van der Waals surface area (Å²) in [5.41, 5.74) is 10.5. The maximum absolute atomic E-state index is 8.31. The van der Waals surface area contributed by atoms with Crippen LogP contribution >= 0.6 is 0 Å². The van der Waals surface area contributed by atoms with Crippen LogP contribution in [0.4, 0.5) is 0 Å². The van der Waals surface area contributed by atoms with Crippen molar-refractivity contribution >= 4 is 0 Å². The van der Waals surface area contributed by atoms with E-state index in [4.69, 9.17) is 10.3 Å². The van der Waals surface area contributed by atoms with Crippen LogP contribution < -0.4 is 4.74 Å². The Morgan fingerprint density at radius 3 is 3.23 bits per heavy atom. The first kappa shape index (κ1) is 7.95. The summed E-state index contributed by atoms with van der Waals surface area (Å²) in [6.45, 7) is 2.47. The van der Waals surface area contributed by atoms with Crippen molar-refractivity contribution < 1.29 is 4.74 Å². The minimum atomic E-state index is -0.152. The second kappa shape index (κ2) is 2.99. The quantitative estimate of drug-likeness (QED) is 0.367. The zero-order valence-corrected chi connectivity index (χ0v) is 7.27. The predicted octanol–water partition coefficient (Wildman–Crippen LogP) is 2.74. The summed E-state index contributed by atoms with van der Waals surface area (Å²) in [7, 11) is 0. The van der Waals surface area contributed by atoms with Gasteiger partial charge in [-0.15, -0.1) is 0 Å². The number of nitrogens with zero attached hydrogens (tertiary/aromatic N) is 3. The first-order chi connectivity index (χ1) is 6.31. The maximum Gasteiger partial charge on any atom is 0.123 e. The van der Waals surface area contributed by atoms with Gasteiger partial charge in [-0.2, -0.15) is 0 Å². The van der Waals surface area contributed by atoms with Crippen LogP contribution in [0.25, 0.3) is 10.4 Å². The fourth-order valence-electron chi connectivity index (χ4n) is 1.46. The molecular formula is C9H9N3O. The molecule has 0 saturated heterocycles. The second-order valence-electron chi connectivity index (χ2n) is 3.07. The topological polar surface area (TPSA) is 58.0 Å². The SMILES string of the molecule is Cc1ccc2c(c1)OC[C@H]2N=[N+]=[N-]. The fourth-order valence-corrected chi connectivity index (χ4v) is 1.46. The number of rotatable bonds is 1. The molecule has 0 aliphatic carbocycles. The lowest BCUT2D eigenvalue weighted by atomic mass is 10.1. The van der Waals surface area contributed by atoms with Crippen LogP contribution in [-0.4, -0.2) is 6.61 Å². The minimum Gasteiger partial charge on any atom is -0.493 e. The Morgan fingerprint density at radius 1 is 1.62 bits per heavy atom. The molecule has 0 unspecified atom stereocenters. The molecular weight excluding hydrogens is 166 g/mol. The van der Waals surface area contributed by atoms with Gasteiger partial charge in [0.05, 0.1) is 0 Å². The van der Waals surface area contributed by atoms with Gasteiger partial charge in [-0.25, -0.2) is 0 Å². The molecule has 0 N–H and O–H groups in total. The van der Waals surface area contributed by atoms with Gasteiger partial charge in [0, 0.05) is 10.5 Å². The largest absolute Gasteiger partial charge is 0.493 e. The molecule has 0 bridgehead atoms. The molecule has 1 aromatic carbocycles. The van der Waals surface area contributed by atoms with Crippen LogP contribution in [0.15, 0.2) is 23.3 Å². The van der Waals surface area contributed by atoms with Gasteiger partial charge in [-0.3, -0.25) is 0 Å². The van der Waals surface area contributed by atoms with Crippen molar-refractivity contribution in [2.45, 2.75) is 13.0 Å². The lowest BCUT2D eigenvalue weighted by Gasteiger charge is -1.99. The number of ether oxygens (including phenoxy) is 1. The molecule has 4 nitrogen and oxygen atoms in total. The maximum atomic E-state index is 8.31. The number of fused-ring (bicyclic) bond motifs is 1. The highest BCUT2D eigenvalue weighted by atomic mass is 16.5. The first-order valence-corrected chi connectivity index (χ1v) is 4.09. The van der Waals surface area contributed by atoms with Crippen LogP contribution in [0.5, 0.6) is 5.75 Å². The summed E-state index contributed by atoms with van der Waals surface area (Å²) in [5.74, 6) is 0.845. The molecule has 0 radical (unpaired) electrons. The molecule has 13 heavy (non-hydrogen) atoms. The Morgan fingerprint density at radius 2 is 2.46 bits per heavy atom. The van der Waals surface area contributed by atoms with E-state index in [9.17, 15) is 0 Å². The van der Waals surface area contributed by atoms with E-state index < -0.39 is 0 Å². The lowest BCUT2D eigenvalue weighted by Crippen LogP contribution is -1.94. The number of hydrogen-bond acceptors (Lipinski definition) is 2. The lowest BCUT2D eigenvalue weighted by molar-refractivity contribution is 0.333. The molecule has 0 amide bonds. The third-order valence-corrected chi connectivity index (χ3v) is 2.12. The monoisotopic (exact) mass is 175 g/mol. The number of azide groups is 1. The molecule has 0 fully saturated rings. The molecule has 1 aromatic rings. The second-order valence-corrected chi connectivity index (χ2v) is 3.07. The molecule has 66 valence electrons. The Hall–Kier alpha value is -1.67. The van der Waals surface area contributed by atoms with Gasteiger partial charge < -0.3 is 4.74 Å². The Labute approximate surface area is 75.8 Å². The van der Waals surface area contributed by atoms with Gasteiger partial charge in [0.1, 0.15) is 18.4 Å². The van der Waals surface area contributed by atoms with Crippen molar-refractivity contribution in [3.63, 3.8) is 0 Å². The van der Waals surface area contributed by atoms with Crippen molar-refractivity contribution in [1.29, 1.82) is 0 Å². The molecule has 1 heterocycles. The smallest absolute Gasteiger partial charge is 0.123 e. The third-order valence-electron chi connectivity index (χ3n) is 2.12. The zero-order valence-electron chi connectivity index (χ0n) is 7.27. The van der Waals surface area contributed by atoms with Crippen LogP contribution in [0, 0.1) is 6.92 Å². The summed E-state index contributed by atoms with van der Waals surface area (Å²) in [6.07, 6.45) is 0. The fraction of sp³-hybridized carbons (Fsp3) is 0.333. The highest BCUT2D eigenvalue weighted by molar-refractivity contribution is 5.42. The van der Waals surface area contributed by atoms with Crippen molar-refractivity contribution in [1.82, 2.24) is 0 Å². The molecule has 1 aliphatic rings. The van der Waals surface area contributed by atoms with Gasteiger partial charge in [0.25, 0.3) is 0 Å². The molecule has 0 aromatic heterocycles. The van der Waals surface area contributed by atoms with E-state index in [1.807, 2.05) is 25.1 Å². The van der Waals surface area contributed by atoms with E-state index in [1.165, 1.54) is 0 Å². The number of hydrogen-bond donors (Lipinski definition) is 0. The Bertz CT molecular complexity index is 382. The van der Waals surface area contributed by atoms with Crippen molar-refractivity contribution in [3.8, 4) is 5.75 Å². The molecule has 0 spiro atoms. The van der Waals surface area contributed by atoms with E-state index in [0.717, 1.165) is 16.9 Å². The molecule has 2 rings (SSSR count). The highest BCUT2D eigenvalue weighted by Crippen LogP contribution is 2.35. The molecule has 0 saturated carbocycles. The summed E-state index contributed by atoms with van der Waals surface area (Å²) in [4.78, 5) is 2.78. The summed E-state index contributed by atoms with van der Waals surface area (Å²) in [5, 5.41) is 3.65. The molecule has 1 atom stereocenters. The third kappa shape index (κ3) is 1.32. The van der Waals surface area contributed by atoms with E-state index in [1.54, 1.807) is 0 Å². The van der Waals surface area contributed by atoms with Crippen molar-refractivity contribution in [2.75, 3.05) is 6.61 Å². The molecule has 4 heteroatoms. The van der Waals surface area contributed by atoms with E-state index >= 15 is 0 Å². The van der Waals surface area contributed by atoms with E-state index in [-0.39, 0.29) is 6.04 Å². The number of aryl methyl sites for hydroxylation is 1. The normalized spacial score (nSPS) is 18.7. The minimum absolute atomic E-state index is 0.152. The van der Waals surface area contributed by atoms with Crippen LogP contribution in [0.1, 0.15) is 17.2 Å². The summed E-state index contributed by atoms with van der Waals surface area (Å²) >= 11 is 0. The Kier molecular flexibility index (Phi) is 1.83. The standard InChI is InChI=1S/C9H9N3O/c1-6-2-3-7-8(11-12-10)5-13-9(7)4-6/h2-4,8H,5H2,1H3/t8-/m1/s1. The van der Waals surface area contributed by atoms with Gasteiger partial charge in [0.15, 0.2) is 0 Å². The van der Waals surface area contributed by atoms with Gasteiger partial charge in [-0.05, 0) is 24.1 Å².